The average Bonchev–Trinajstić information content (AvgIpc) is 3.00. The Morgan fingerprint density at radius 1 is 1.54 bits per heavy atom. The van der Waals surface area contributed by atoms with Crippen LogP contribution in [0.15, 0.2) is 24.3 Å². The van der Waals surface area contributed by atoms with Gasteiger partial charge in [-0.3, -0.25) is 0 Å². The lowest BCUT2D eigenvalue weighted by atomic mass is 10.1. The molecule has 0 radical (unpaired) electrons. The van der Waals surface area contributed by atoms with Crippen molar-refractivity contribution in [3.8, 4) is 0 Å². The van der Waals surface area contributed by atoms with Gasteiger partial charge in [-0.1, -0.05) is 24.3 Å². The summed E-state index contributed by atoms with van der Waals surface area (Å²) in [5, 5.41) is 18.1. The Labute approximate surface area is 76.6 Å². The zero-order valence-electron chi connectivity index (χ0n) is 7.18. The molecule has 13 heavy (non-hydrogen) atoms. The summed E-state index contributed by atoms with van der Waals surface area (Å²) >= 11 is 0. The van der Waals surface area contributed by atoms with Crippen LogP contribution >= 0.6 is 0 Å². The van der Waals surface area contributed by atoms with Crippen molar-refractivity contribution in [1.29, 1.82) is 0 Å². The molecular weight excluding hydrogens is 168 g/mol. The van der Waals surface area contributed by atoms with Gasteiger partial charge >= 0.3 is 0 Å². The Balaban J connectivity index is 2.21. The molecule has 0 bridgehead atoms. The Kier molecular flexibility index (Phi) is 2.31. The molecule has 1 fully saturated rings. The van der Waals surface area contributed by atoms with Crippen LogP contribution in [0.2, 0.25) is 0 Å². The molecule has 0 saturated carbocycles. The summed E-state index contributed by atoms with van der Waals surface area (Å²) in [5.41, 5.74) is 1.82. The summed E-state index contributed by atoms with van der Waals surface area (Å²) in [7, 11) is 0. The first-order valence-corrected chi connectivity index (χ1v) is 4.31. The van der Waals surface area contributed by atoms with Gasteiger partial charge in [0, 0.05) is 0 Å². The Morgan fingerprint density at radius 3 is 2.92 bits per heavy atom. The molecule has 1 aliphatic rings. The predicted molar refractivity (Wildman–Crippen MR) is 47.2 cm³/mol. The third-order valence-corrected chi connectivity index (χ3v) is 2.17. The van der Waals surface area contributed by atoms with E-state index in [1.54, 1.807) is 6.07 Å². The molecule has 0 aromatic heterocycles. The monoisotopic (exact) mass is 180 g/mol. The van der Waals surface area contributed by atoms with Crippen LogP contribution in [-0.4, -0.2) is 23.4 Å². The summed E-state index contributed by atoms with van der Waals surface area (Å²) in [6.45, 7) is 0.521. The highest BCUT2D eigenvalue weighted by Gasteiger charge is 2.25. The molecule has 1 aromatic rings. The van der Waals surface area contributed by atoms with E-state index >= 15 is 0 Å². The SMILES string of the molecule is OC[C@H](O)c1cccc([C@H]2CO2)c1. The summed E-state index contributed by atoms with van der Waals surface area (Å²) in [4.78, 5) is 0. The molecule has 3 nitrogen and oxygen atoms in total. The van der Waals surface area contributed by atoms with Gasteiger partial charge in [0.05, 0.1) is 13.2 Å². The summed E-state index contributed by atoms with van der Waals surface area (Å²) in [6, 6.07) is 7.50. The first-order chi connectivity index (χ1) is 6.31. The molecule has 2 rings (SSSR count). The first-order valence-electron chi connectivity index (χ1n) is 4.31. The van der Waals surface area contributed by atoms with Gasteiger partial charge in [-0.05, 0) is 11.1 Å². The normalized spacial score (nSPS) is 22.8. The van der Waals surface area contributed by atoms with Crippen LogP contribution in [0, 0.1) is 0 Å². The summed E-state index contributed by atoms with van der Waals surface area (Å²) < 4.78 is 5.12. The molecule has 2 N–H and O–H groups in total. The lowest BCUT2D eigenvalue weighted by Crippen LogP contribution is -2.02. The molecule has 1 saturated heterocycles. The van der Waals surface area contributed by atoms with Gasteiger partial charge in [0.1, 0.15) is 12.2 Å². The molecule has 0 aliphatic carbocycles. The maximum Gasteiger partial charge on any atom is 0.106 e. The lowest BCUT2D eigenvalue weighted by Gasteiger charge is -2.07. The molecule has 1 aliphatic heterocycles. The van der Waals surface area contributed by atoms with Crippen molar-refractivity contribution in [3.05, 3.63) is 35.4 Å². The van der Waals surface area contributed by atoms with Gasteiger partial charge in [0.15, 0.2) is 0 Å². The third-order valence-electron chi connectivity index (χ3n) is 2.17. The van der Waals surface area contributed by atoms with E-state index in [-0.39, 0.29) is 12.7 Å². The van der Waals surface area contributed by atoms with Gasteiger partial charge in [-0.2, -0.15) is 0 Å². The maximum atomic E-state index is 9.37. The van der Waals surface area contributed by atoms with Gasteiger partial charge < -0.3 is 14.9 Å². The second-order valence-corrected chi connectivity index (χ2v) is 3.19. The smallest absolute Gasteiger partial charge is 0.106 e. The van der Waals surface area contributed by atoms with Gasteiger partial charge in [0.25, 0.3) is 0 Å². The summed E-state index contributed by atoms with van der Waals surface area (Å²) in [6.07, 6.45) is -0.579. The number of hydrogen-bond donors (Lipinski definition) is 2. The number of hydrogen-bond acceptors (Lipinski definition) is 3. The van der Waals surface area contributed by atoms with E-state index in [0.29, 0.717) is 0 Å². The minimum atomic E-state index is -0.779. The van der Waals surface area contributed by atoms with Crippen LogP contribution < -0.4 is 0 Å². The first kappa shape index (κ1) is 8.69. The number of rotatable bonds is 3. The Bertz CT molecular complexity index is 294. The van der Waals surface area contributed by atoms with Crippen LogP contribution in [0.25, 0.3) is 0 Å². The third kappa shape index (κ3) is 1.88. The fourth-order valence-corrected chi connectivity index (χ4v) is 1.31. The minimum absolute atomic E-state index is 0.200. The quantitative estimate of drug-likeness (QED) is 0.676. The molecule has 2 atom stereocenters. The molecule has 0 unspecified atom stereocenters. The van der Waals surface area contributed by atoms with E-state index < -0.39 is 6.10 Å². The highest BCUT2D eigenvalue weighted by molar-refractivity contribution is 5.28. The Hall–Kier alpha value is -0.900. The van der Waals surface area contributed by atoms with Crippen molar-refractivity contribution in [2.45, 2.75) is 12.2 Å². The standard InChI is InChI=1S/C10H12O3/c11-5-9(12)7-2-1-3-8(4-7)10-6-13-10/h1-4,9-12H,5-6H2/t9-,10+/m0/s1. The van der Waals surface area contributed by atoms with Crippen molar-refractivity contribution in [3.63, 3.8) is 0 Å². The molecular formula is C10H12O3. The number of aliphatic hydroxyl groups excluding tert-OH is 2. The second kappa shape index (κ2) is 3.46. The van der Waals surface area contributed by atoms with Crippen LogP contribution in [-0.2, 0) is 4.74 Å². The van der Waals surface area contributed by atoms with Crippen molar-refractivity contribution >= 4 is 0 Å². The van der Waals surface area contributed by atoms with Crippen LogP contribution in [0.5, 0.6) is 0 Å². The maximum absolute atomic E-state index is 9.37. The lowest BCUT2D eigenvalue weighted by molar-refractivity contribution is 0.0955. The van der Waals surface area contributed by atoms with Crippen LogP contribution in [0.1, 0.15) is 23.3 Å². The number of epoxide rings is 1. The number of benzene rings is 1. The molecule has 1 heterocycles. The average molecular weight is 180 g/mol. The van der Waals surface area contributed by atoms with E-state index in [0.717, 1.165) is 17.7 Å². The van der Waals surface area contributed by atoms with E-state index in [1.165, 1.54) is 0 Å². The van der Waals surface area contributed by atoms with Gasteiger partial charge in [-0.15, -0.1) is 0 Å². The molecule has 0 amide bonds. The molecule has 3 heteroatoms. The zero-order valence-corrected chi connectivity index (χ0v) is 7.18. The van der Waals surface area contributed by atoms with Crippen molar-refractivity contribution in [2.75, 3.05) is 13.2 Å². The van der Waals surface area contributed by atoms with E-state index in [9.17, 15) is 5.11 Å². The largest absolute Gasteiger partial charge is 0.393 e. The van der Waals surface area contributed by atoms with E-state index in [1.807, 2.05) is 18.2 Å². The van der Waals surface area contributed by atoms with Crippen molar-refractivity contribution in [1.82, 2.24) is 0 Å². The van der Waals surface area contributed by atoms with Crippen LogP contribution in [0.3, 0.4) is 0 Å². The van der Waals surface area contributed by atoms with E-state index in [2.05, 4.69) is 0 Å². The fourth-order valence-electron chi connectivity index (χ4n) is 1.31. The van der Waals surface area contributed by atoms with Crippen molar-refractivity contribution < 1.29 is 14.9 Å². The van der Waals surface area contributed by atoms with E-state index in [4.69, 9.17) is 9.84 Å². The molecule has 70 valence electrons. The minimum Gasteiger partial charge on any atom is -0.393 e. The Morgan fingerprint density at radius 2 is 2.31 bits per heavy atom. The number of ether oxygens (including phenoxy) is 1. The van der Waals surface area contributed by atoms with Crippen molar-refractivity contribution in [2.24, 2.45) is 0 Å². The summed E-state index contributed by atoms with van der Waals surface area (Å²) in [5.74, 6) is 0. The van der Waals surface area contributed by atoms with Gasteiger partial charge in [-0.25, -0.2) is 0 Å². The molecule has 1 aromatic carbocycles. The fraction of sp³-hybridized carbons (Fsp3) is 0.400. The second-order valence-electron chi connectivity index (χ2n) is 3.19. The topological polar surface area (TPSA) is 53.0 Å². The van der Waals surface area contributed by atoms with Gasteiger partial charge in [0.2, 0.25) is 0 Å². The van der Waals surface area contributed by atoms with Crippen LogP contribution in [0.4, 0.5) is 0 Å². The highest BCUT2D eigenvalue weighted by Crippen LogP contribution is 2.30. The predicted octanol–water partition coefficient (Wildman–Crippen LogP) is 0.784. The number of aliphatic hydroxyl groups is 2. The zero-order chi connectivity index (χ0) is 9.26. The highest BCUT2D eigenvalue weighted by atomic mass is 16.6. The molecule has 0 spiro atoms.